The predicted molar refractivity (Wildman–Crippen MR) is 159 cm³/mol. The standard InChI is InChI=1S/C34H35FN4O4/c1-43-29-9-6-25(7-10-29)33(41)26-13-16-39(17-14-26)34(42)31-11-8-28(20-37-31)32(40)18-27-12-15-38(22-30(27)35)21-24-4-2-23(19-36)3-5-24/h2-11,20,26-27,30H,12-18,21-22H2,1H3/t27-,30+/m1/s1. The Hall–Kier alpha value is -4.42. The van der Waals surface area contributed by atoms with Gasteiger partial charge in [-0.15, -0.1) is 0 Å². The van der Waals surface area contributed by atoms with E-state index in [0.29, 0.717) is 67.9 Å². The Bertz CT molecular complexity index is 1480. The van der Waals surface area contributed by atoms with Crippen LogP contribution in [-0.4, -0.2) is 71.7 Å². The van der Waals surface area contributed by atoms with Gasteiger partial charge in [-0.1, -0.05) is 12.1 Å². The number of hydrogen-bond acceptors (Lipinski definition) is 7. The minimum atomic E-state index is -1.12. The normalized spacial score (nSPS) is 19.4. The van der Waals surface area contributed by atoms with E-state index in [1.165, 1.54) is 6.20 Å². The molecule has 0 unspecified atom stereocenters. The Balaban J connectivity index is 1.09. The van der Waals surface area contributed by atoms with Gasteiger partial charge in [0.2, 0.25) is 0 Å². The number of benzene rings is 2. The lowest BCUT2D eigenvalue weighted by molar-refractivity contribution is 0.0644. The lowest BCUT2D eigenvalue weighted by Crippen LogP contribution is -2.42. The second kappa shape index (κ2) is 13.7. The van der Waals surface area contributed by atoms with Crippen LogP contribution in [-0.2, 0) is 6.54 Å². The van der Waals surface area contributed by atoms with Crippen LogP contribution in [0.4, 0.5) is 4.39 Å². The maximum Gasteiger partial charge on any atom is 0.272 e. The van der Waals surface area contributed by atoms with Crippen LogP contribution in [0, 0.1) is 23.2 Å². The summed E-state index contributed by atoms with van der Waals surface area (Å²) < 4.78 is 20.2. The monoisotopic (exact) mass is 582 g/mol. The van der Waals surface area contributed by atoms with Gasteiger partial charge in [0.1, 0.15) is 17.6 Å². The summed E-state index contributed by atoms with van der Waals surface area (Å²) in [5, 5.41) is 8.95. The number of piperidine rings is 2. The molecule has 1 amide bonds. The fourth-order valence-corrected chi connectivity index (χ4v) is 5.87. The van der Waals surface area contributed by atoms with Crippen molar-refractivity contribution in [1.82, 2.24) is 14.8 Å². The van der Waals surface area contributed by atoms with Crippen molar-refractivity contribution >= 4 is 17.5 Å². The van der Waals surface area contributed by atoms with Crippen molar-refractivity contribution in [1.29, 1.82) is 5.26 Å². The van der Waals surface area contributed by atoms with Crippen molar-refractivity contribution < 1.29 is 23.5 Å². The zero-order chi connectivity index (χ0) is 30.3. The maximum atomic E-state index is 15.0. The molecule has 3 heterocycles. The number of ketones is 2. The number of nitriles is 1. The summed E-state index contributed by atoms with van der Waals surface area (Å²) in [5.41, 5.74) is 2.87. The highest BCUT2D eigenvalue weighted by Gasteiger charge is 2.32. The van der Waals surface area contributed by atoms with Crippen LogP contribution in [0.2, 0.25) is 0 Å². The number of nitrogens with zero attached hydrogens (tertiary/aromatic N) is 4. The number of Topliss-reactive ketones (excluding diaryl/α,β-unsaturated/α-hetero) is 2. The fourth-order valence-electron chi connectivity index (χ4n) is 5.87. The molecule has 0 aliphatic carbocycles. The maximum absolute atomic E-state index is 15.0. The van der Waals surface area contributed by atoms with E-state index < -0.39 is 6.17 Å². The summed E-state index contributed by atoms with van der Waals surface area (Å²) in [6.45, 7) is 2.45. The Morgan fingerprint density at radius 1 is 0.953 bits per heavy atom. The highest BCUT2D eigenvalue weighted by molar-refractivity contribution is 5.99. The molecule has 222 valence electrons. The smallest absolute Gasteiger partial charge is 0.272 e. The second-order valence-corrected chi connectivity index (χ2v) is 11.3. The fraction of sp³-hybridized carbons (Fsp3) is 0.382. The Kier molecular flexibility index (Phi) is 9.58. The largest absolute Gasteiger partial charge is 0.497 e. The number of rotatable bonds is 9. The molecule has 2 atom stereocenters. The summed E-state index contributed by atoms with van der Waals surface area (Å²) >= 11 is 0. The molecule has 2 fully saturated rings. The van der Waals surface area contributed by atoms with Crippen LogP contribution < -0.4 is 4.74 Å². The molecular formula is C34H35FN4O4. The van der Waals surface area contributed by atoms with Crippen molar-refractivity contribution in [2.45, 2.75) is 38.4 Å². The number of hydrogen-bond donors (Lipinski definition) is 0. The van der Waals surface area contributed by atoms with Gasteiger partial charge in [-0.2, -0.15) is 5.26 Å². The molecule has 43 heavy (non-hydrogen) atoms. The number of amides is 1. The van der Waals surface area contributed by atoms with Gasteiger partial charge < -0.3 is 9.64 Å². The summed E-state index contributed by atoms with van der Waals surface area (Å²) in [4.78, 5) is 46.9. The molecule has 0 N–H and O–H groups in total. The van der Waals surface area contributed by atoms with Gasteiger partial charge in [0.15, 0.2) is 11.6 Å². The Morgan fingerprint density at radius 3 is 2.26 bits per heavy atom. The summed E-state index contributed by atoms with van der Waals surface area (Å²) in [5.74, 6) is -0.157. The zero-order valence-corrected chi connectivity index (χ0v) is 24.2. The van der Waals surface area contributed by atoms with Crippen LogP contribution in [0.5, 0.6) is 5.75 Å². The molecule has 1 aromatic heterocycles. The first-order valence-electron chi connectivity index (χ1n) is 14.7. The van der Waals surface area contributed by atoms with Crippen LogP contribution in [0.3, 0.4) is 0 Å². The molecule has 3 aromatic rings. The SMILES string of the molecule is COc1ccc(C(=O)C2CCN(C(=O)c3ccc(C(=O)C[C@H]4CCN(Cc5ccc(C#N)cc5)C[C@@H]4F)cn3)CC2)cc1. The molecule has 5 rings (SSSR count). The number of carbonyl (C=O) groups excluding carboxylic acids is 3. The van der Waals surface area contributed by atoms with E-state index in [4.69, 9.17) is 10.00 Å². The molecule has 8 nitrogen and oxygen atoms in total. The van der Waals surface area contributed by atoms with E-state index in [1.807, 2.05) is 17.0 Å². The van der Waals surface area contributed by atoms with Gasteiger partial charge in [-0.25, -0.2) is 4.39 Å². The average molecular weight is 583 g/mol. The van der Waals surface area contributed by atoms with E-state index >= 15 is 4.39 Å². The quantitative estimate of drug-likeness (QED) is 0.322. The van der Waals surface area contributed by atoms with Gasteiger partial charge >= 0.3 is 0 Å². The predicted octanol–water partition coefficient (Wildman–Crippen LogP) is 5.13. The molecular weight excluding hydrogens is 547 g/mol. The highest BCUT2D eigenvalue weighted by Crippen LogP contribution is 2.27. The number of methoxy groups -OCH3 is 1. The number of aromatic nitrogens is 1. The van der Waals surface area contributed by atoms with E-state index in [1.54, 1.807) is 60.5 Å². The third kappa shape index (κ3) is 7.33. The zero-order valence-electron chi connectivity index (χ0n) is 24.2. The Labute approximate surface area is 251 Å². The van der Waals surface area contributed by atoms with Crippen LogP contribution in [0.25, 0.3) is 0 Å². The minimum Gasteiger partial charge on any atom is -0.497 e. The number of carbonyl (C=O) groups is 3. The lowest BCUT2D eigenvalue weighted by atomic mass is 9.88. The number of ether oxygens (including phenoxy) is 1. The number of alkyl halides is 1. The number of likely N-dealkylation sites (tertiary alicyclic amines) is 2. The average Bonchev–Trinajstić information content (AvgIpc) is 3.06. The topological polar surface area (TPSA) is 104 Å². The molecule has 2 aliphatic heterocycles. The second-order valence-electron chi connectivity index (χ2n) is 11.3. The van der Waals surface area contributed by atoms with Crippen LogP contribution >= 0.6 is 0 Å². The van der Waals surface area contributed by atoms with Gasteiger partial charge in [0.25, 0.3) is 5.91 Å². The molecule has 0 spiro atoms. The number of halogens is 1. The third-order valence-electron chi connectivity index (χ3n) is 8.53. The molecule has 2 saturated heterocycles. The van der Waals surface area contributed by atoms with E-state index in [0.717, 1.165) is 5.56 Å². The van der Waals surface area contributed by atoms with E-state index in [9.17, 15) is 14.4 Å². The highest BCUT2D eigenvalue weighted by atomic mass is 19.1. The first-order valence-corrected chi connectivity index (χ1v) is 14.7. The molecule has 2 aromatic carbocycles. The van der Waals surface area contributed by atoms with Gasteiger partial charge in [-0.3, -0.25) is 24.3 Å². The summed E-state index contributed by atoms with van der Waals surface area (Å²) in [6, 6.07) is 19.6. The summed E-state index contributed by atoms with van der Waals surface area (Å²) in [7, 11) is 1.58. The first-order chi connectivity index (χ1) is 20.8. The van der Waals surface area contributed by atoms with Gasteiger partial charge in [-0.05, 0) is 85.8 Å². The van der Waals surface area contributed by atoms with Crippen molar-refractivity contribution in [2.75, 3.05) is 33.3 Å². The molecule has 0 saturated carbocycles. The van der Waals surface area contributed by atoms with Crippen molar-refractivity contribution in [3.63, 3.8) is 0 Å². The van der Waals surface area contributed by atoms with Gasteiger partial charge in [0.05, 0.1) is 18.7 Å². The van der Waals surface area contributed by atoms with E-state index in [2.05, 4.69) is 11.1 Å². The first kappa shape index (κ1) is 30.1. The molecule has 9 heteroatoms. The van der Waals surface area contributed by atoms with Crippen molar-refractivity contribution in [3.8, 4) is 11.8 Å². The van der Waals surface area contributed by atoms with Gasteiger partial charge in [0, 0.05) is 55.8 Å². The van der Waals surface area contributed by atoms with Crippen LogP contribution in [0.1, 0.15) is 68.0 Å². The minimum absolute atomic E-state index is 0.0724. The molecule has 2 aliphatic rings. The summed E-state index contributed by atoms with van der Waals surface area (Å²) in [6.07, 6.45) is 2.10. The van der Waals surface area contributed by atoms with Crippen LogP contribution in [0.15, 0.2) is 66.9 Å². The van der Waals surface area contributed by atoms with Crippen molar-refractivity contribution in [2.24, 2.45) is 11.8 Å². The molecule has 0 radical (unpaired) electrons. The van der Waals surface area contributed by atoms with E-state index in [-0.39, 0.29) is 48.0 Å². The third-order valence-corrected chi connectivity index (χ3v) is 8.53. The Morgan fingerprint density at radius 2 is 1.65 bits per heavy atom. The number of pyridine rings is 1. The van der Waals surface area contributed by atoms with Crippen molar-refractivity contribution in [3.05, 3.63) is 94.8 Å². The molecule has 0 bridgehead atoms. The lowest BCUT2D eigenvalue weighted by Gasteiger charge is -2.34.